The van der Waals surface area contributed by atoms with Crippen molar-refractivity contribution in [3.8, 4) is 0 Å². The van der Waals surface area contributed by atoms with Gasteiger partial charge in [0.05, 0.1) is 17.8 Å². The van der Waals surface area contributed by atoms with Gasteiger partial charge in [0.15, 0.2) is 5.13 Å². The zero-order chi connectivity index (χ0) is 17.2. The summed E-state index contributed by atoms with van der Waals surface area (Å²) in [5.74, 6) is 0.905. The highest BCUT2D eigenvalue weighted by Crippen LogP contribution is 2.37. The van der Waals surface area contributed by atoms with Gasteiger partial charge in [-0.25, -0.2) is 4.98 Å². The second-order valence-electron chi connectivity index (χ2n) is 6.20. The van der Waals surface area contributed by atoms with E-state index < -0.39 is 0 Å². The smallest absolute Gasteiger partial charge is 0.260 e. The third-order valence-corrected chi connectivity index (χ3v) is 5.58. The number of benzene rings is 1. The molecule has 3 N–H and O–H groups in total. The number of nitrogens with one attached hydrogen (secondary N) is 1. The van der Waals surface area contributed by atoms with Crippen molar-refractivity contribution in [1.29, 1.82) is 0 Å². The first-order valence-corrected chi connectivity index (χ1v) is 9.17. The highest BCUT2D eigenvalue weighted by molar-refractivity contribution is 7.15. The first-order chi connectivity index (χ1) is 12.2. The number of anilines is 1. The number of carbonyl (C=O) groups is 1. The summed E-state index contributed by atoms with van der Waals surface area (Å²) >= 11 is 1.57. The Morgan fingerprint density at radius 3 is 2.96 bits per heavy atom. The maximum atomic E-state index is 12.3. The van der Waals surface area contributed by atoms with Crippen LogP contribution in [0.4, 0.5) is 5.13 Å². The standard InChI is InChI=1S/C19H19N3O2S/c20-10-15-8-14(11-24-15)18(23)22-19-21-16-7-6-13(9-17(16)25-19)12-4-2-1-3-5-12/h1-5,8,11,13H,6-7,9-10,20H2,(H,21,22,23). The van der Waals surface area contributed by atoms with Crippen molar-refractivity contribution in [1.82, 2.24) is 4.98 Å². The maximum Gasteiger partial charge on any atom is 0.260 e. The summed E-state index contributed by atoms with van der Waals surface area (Å²) in [5.41, 5.74) is 8.46. The molecular formula is C19H19N3O2S. The Bertz CT molecular complexity index is 885. The number of hydrogen-bond acceptors (Lipinski definition) is 5. The fraction of sp³-hybridized carbons (Fsp3) is 0.263. The number of furan rings is 1. The molecule has 6 heteroatoms. The van der Waals surface area contributed by atoms with E-state index >= 15 is 0 Å². The van der Waals surface area contributed by atoms with Crippen LogP contribution in [0.5, 0.6) is 0 Å². The van der Waals surface area contributed by atoms with Gasteiger partial charge in [0, 0.05) is 4.88 Å². The lowest BCUT2D eigenvalue weighted by Crippen LogP contribution is -2.12. The van der Waals surface area contributed by atoms with Gasteiger partial charge in [0.2, 0.25) is 0 Å². The first-order valence-electron chi connectivity index (χ1n) is 8.35. The average Bonchev–Trinajstić information content (AvgIpc) is 3.28. The predicted molar refractivity (Wildman–Crippen MR) is 97.9 cm³/mol. The van der Waals surface area contributed by atoms with Crippen molar-refractivity contribution >= 4 is 22.4 Å². The molecule has 0 saturated carbocycles. The number of thiazole rings is 1. The van der Waals surface area contributed by atoms with Crippen molar-refractivity contribution in [3.63, 3.8) is 0 Å². The fourth-order valence-corrected chi connectivity index (χ4v) is 4.30. The van der Waals surface area contributed by atoms with E-state index in [9.17, 15) is 4.79 Å². The quantitative estimate of drug-likeness (QED) is 0.749. The summed E-state index contributed by atoms with van der Waals surface area (Å²) < 4.78 is 5.21. The minimum Gasteiger partial charge on any atom is -0.467 e. The van der Waals surface area contributed by atoms with E-state index in [2.05, 4.69) is 34.6 Å². The number of nitrogens with zero attached hydrogens (tertiary/aromatic N) is 1. The third-order valence-electron chi connectivity index (χ3n) is 4.55. The van der Waals surface area contributed by atoms with Crippen LogP contribution in [0.1, 0.15) is 44.6 Å². The molecule has 2 heterocycles. The lowest BCUT2D eigenvalue weighted by Gasteiger charge is -2.21. The monoisotopic (exact) mass is 353 g/mol. The molecule has 0 spiro atoms. The van der Waals surface area contributed by atoms with Crippen LogP contribution in [0.3, 0.4) is 0 Å². The second kappa shape index (κ2) is 6.82. The molecule has 1 aliphatic carbocycles. The van der Waals surface area contributed by atoms with Gasteiger partial charge >= 0.3 is 0 Å². The second-order valence-corrected chi connectivity index (χ2v) is 7.28. The molecule has 25 heavy (non-hydrogen) atoms. The Hall–Kier alpha value is -2.44. The molecule has 1 aromatic carbocycles. The number of fused-ring (bicyclic) bond motifs is 1. The Morgan fingerprint density at radius 1 is 1.36 bits per heavy atom. The van der Waals surface area contributed by atoms with Crippen LogP contribution in [0.2, 0.25) is 0 Å². The summed E-state index contributed by atoms with van der Waals surface area (Å²) in [6.07, 6.45) is 4.45. The van der Waals surface area contributed by atoms with E-state index in [1.165, 1.54) is 16.7 Å². The number of aromatic nitrogens is 1. The van der Waals surface area contributed by atoms with E-state index in [1.807, 2.05) is 6.07 Å². The molecule has 4 rings (SSSR count). The molecule has 2 aromatic heterocycles. The Balaban J connectivity index is 1.47. The zero-order valence-electron chi connectivity index (χ0n) is 13.7. The van der Waals surface area contributed by atoms with Gasteiger partial charge in [-0.2, -0.15) is 0 Å². The molecule has 5 nitrogen and oxygen atoms in total. The van der Waals surface area contributed by atoms with Crippen LogP contribution >= 0.6 is 11.3 Å². The summed E-state index contributed by atoms with van der Waals surface area (Å²) in [6.45, 7) is 0.277. The van der Waals surface area contributed by atoms with Gasteiger partial charge in [-0.3, -0.25) is 10.1 Å². The van der Waals surface area contributed by atoms with Crippen LogP contribution < -0.4 is 11.1 Å². The van der Waals surface area contributed by atoms with Gasteiger partial charge in [0.25, 0.3) is 5.91 Å². The van der Waals surface area contributed by atoms with Crippen molar-refractivity contribution < 1.29 is 9.21 Å². The van der Waals surface area contributed by atoms with E-state index in [1.54, 1.807) is 17.4 Å². The van der Waals surface area contributed by atoms with Crippen molar-refractivity contribution in [2.24, 2.45) is 5.73 Å². The minimum atomic E-state index is -0.214. The molecule has 1 amide bonds. The molecule has 0 radical (unpaired) electrons. The number of amides is 1. The van der Waals surface area contributed by atoms with Gasteiger partial charge in [-0.1, -0.05) is 30.3 Å². The topological polar surface area (TPSA) is 81.2 Å². The molecule has 0 fully saturated rings. The van der Waals surface area contributed by atoms with Crippen LogP contribution in [-0.4, -0.2) is 10.9 Å². The number of rotatable bonds is 4. The minimum absolute atomic E-state index is 0.214. The largest absolute Gasteiger partial charge is 0.467 e. The molecule has 3 aromatic rings. The summed E-state index contributed by atoms with van der Waals surface area (Å²) in [7, 11) is 0. The fourth-order valence-electron chi connectivity index (χ4n) is 3.21. The highest BCUT2D eigenvalue weighted by Gasteiger charge is 2.24. The van der Waals surface area contributed by atoms with Crippen LogP contribution in [0, 0.1) is 0 Å². The molecular weight excluding hydrogens is 334 g/mol. The maximum absolute atomic E-state index is 12.3. The normalized spacial score (nSPS) is 16.4. The van der Waals surface area contributed by atoms with Crippen LogP contribution in [0.15, 0.2) is 47.1 Å². The molecule has 0 aliphatic heterocycles. The van der Waals surface area contributed by atoms with Crippen molar-refractivity contribution in [3.05, 3.63) is 70.1 Å². The highest BCUT2D eigenvalue weighted by atomic mass is 32.1. The Labute approximate surface area is 149 Å². The van der Waals surface area contributed by atoms with E-state index in [-0.39, 0.29) is 12.5 Å². The molecule has 1 atom stereocenters. The Morgan fingerprint density at radius 2 is 2.20 bits per heavy atom. The van der Waals surface area contributed by atoms with Gasteiger partial charge in [-0.15, -0.1) is 11.3 Å². The zero-order valence-corrected chi connectivity index (χ0v) is 14.5. The number of carbonyl (C=O) groups excluding carboxylic acids is 1. The van der Waals surface area contributed by atoms with Gasteiger partial charge in [0.1, 0.15) is 12.0 Å². The van der Waals surface area contributed by atoms with Crippen molar-refractivity contribution in [2.45, 2.75) is 31.7 Å². The van der Waals surface area contributed by atoms with Crippen LogP contribution in [0.25, 0.3) is 0 Å². The van der Waals surface area contributed by atoms with Gasteiger partial charge < -0.3 is 10.2 Å². The average molecular weight is 353 g/mol. The molecule has 1 unspecified atom stereocenters. The van der Waals surface area contributed by atoms with Crippen LogP contribution in [-0.2, 0) is 19.4 Å². The van der Waals surface area contributed by atoms with E-state index in [0.717, 1.165) is 25.0 Å². The lowest BCUT2D eigenvalue weighted by atomic mass is 9.85. The molecule has 1 aliphatic rings. The Kier molecular flexibility index (Phi) is 4.38. The first kappa shape index (κ1) is 16.1. The van der Waals surface area contributed by atoms with E-state index in [0.29, 0.717) is 22.4 Å². The SMILES string of the molecule is NCc1cc(C(=O)Nc2nc3c(s2)CC(c2ccccc2)CC3)co1. The number of nitrogens with two attached hydrogens (primary N) is 1. The molecule has 0 bridgehead atoms. The lowest BCUT2D eigenvalue weighted by molar-refractivity contribution is 0.102. The van der Waals surface area contributed by atoms with E-state index in [4.69, 9.17) is 10.2 Å². The third kappa shape index (κ3) is 3.36. The summed E-state index contributed by atoms with van der Waals surface area (Å²) in [5, 5.41) is 3.53. The number of hydrogen-bond donors (Lipinski definition) is 2. The van der Waals surface area contributed by atoms with Gasteiger partial charge in [-0.05, 0) is 36.8 Å². The molecule has 128 valence electrons. The summed E-state index contributed by atoms with van der Waals surface area (Å²) in [4.78, 5) is 18.2. The molecule has 0 saturated heterocycles. The van der Waals surface area contributed by atoms with Crippen molar-refractivity contribution in [2.75, 3.05) is 5.32 Å². The predicted octanol–water partition coefficient (Wildman–Crippen LogP) is 3.72. The summed E-state index contributed by atoms with van der Waals surface area (Å²) in [6, 6.07) is 12.3. The number of aryl methyl sites for hydroxylation is 1.